The highest BCUT2D eigenvalue weighted by Gasteiger charge is 2.29. The van der Waals surface area contributed by atoms with E-state index in [1.54, 1.807) is 22.4 Å². The van der Waals surface area contributed by atoms with Crippen LogP contribution in [0, 0.1) is 5.92 Å². The van der Waals surface area contributed by atoms with Crippen LogP contribution in [0.15, 0.2) is 29.1 Å². The summed E-state index contributed by atoms with van der Waals surface area (Å²) >= 11 is 3.05. The van der Waals surface area contributed by atoms with Crippen LogP contribution in [0.4, 0.5) is 9.93 Å². The van der Waals surface area contributed by atoms with Crippen molar-refractivity contribution >= 4 is 39.7 Å². The van der Waals surface area contributed by atoms with Crippen LogP contribution < -0.4 is 10.6 Å². The monoisotopic (exact) mass is 378 g/mol. The van der Waals surface area contributed by atoms with Gasteiger partial charge in [-0.05, 0) is 30.7 Å². The van der Waals surface area contributed by atoms with Crippen LogP contribution in [0.3, 0.4) is 0 Å². The molecule has 2 atom stereocenters. The van der Waals surface area contributed by atoms with Crippen molar-refractivity contribution in [1.82, 2.24) is 15.2 Å². The van der Waals surface area contributed by atoms with Crippen molar-refractivity contribution in [2.24, 2.45) is 5.92 Å². The number of aromatic nitrogens is 1. The number of likely N-dealkylation sites (tertiary alicyclic amines) is 1. The van der Waals surface area contributed by atoms with Gasteiger partial charge in [-0.2, -0.15) is 0 Å². The minimum absolute atomic E-state index is 0.0250. The molecule has 0 aromatic carbocycles. The number of nitrogens with one attached hydrogen (secondary N) is 2. The number of amides is 3. The molecule has 0 spiro atoms. The third kappa shape index (κ3) is 4.58. The quantitative estimate of drug-likeness (QED) is 0.833. The molecule has 0 bridgehead atoms. The van der Waals surface area contributed by atoms with Crippen LogP contribution in [-0.2, 0) is 4.79 Å². The molecule has 1 aliphatic heterocycles. The van der Waals surface area contributed by atoms with Crippen molar-refractivity contribution in [2.45, 2.75) is 32.2 Å². The van der Waals surface area contributed by atoms with Crippen LogP contribution in [0.25, 0.3) is 0 Å². The number of carbonyl (C=O) groups excluding carboxylic acids is 2. The number of carbonyl (C=O) groups is 2. The van der Waals surface area contributed by atoms with E-state index in [1.165, 1.54) is 11.3 Å². The van der Waals surface area contributed by atoms with Gasteiger partial charge in [-0.15, -0.1) is 22.7 Å². The fourth-order valence-electron chi connectivity index (χ4n) is 2.97. The molecular formula is C17H22N4O2S2. The Bertz CT molecular complexity index is 688. The lowest BCUT2D eigenvalue weighted by atomic mass is 9.97. The summed E-state index contributed by atoms with van der Waals surface area (Å²) in [4.78, 5) is 32.0. The molecule has 2 aromatic rings. The van der Waals surface area contributed by atoms with E-state index in [4.69, 9.17) is 0 Å². The second kappa shape index (κ2) is 8.44. The van der Waals surface area contributed by atoms with E-state index in [0.29, 0.717) is 18.2 Å². The Labute approximate surface area is 155 Å². The molecule has 2 N–H and O–H groups in total. The smallest absolute Gasteiger partial charge is 0.317 e. The van der Waals surface area contributed by atoms with E-state index in [2.05, 4.69) is 22.5 Å². The van der Waals surface area contributed by atoms with E-state index in [9.17, 15) is 9.59 Å². The molecule has 2 aromatic heterocycles. The molecule has 3 heterocycles. The van der Waals surface area contributed by atoms with Crippen molar-refractivity contribution in [3.63, 3.8) is 0 Å². The lowest BCUT2D eigenvalue weighted by Gasteiger charge is -2.33. The highest BCUT2D eigenvalue weighted by molar-refractivity contribution is 7.13. The molecule has 1 fully saturated rings. The fourth-order valence-corrected chi connectivity index (χ4v) is 4.37. The Kier molecular flexibility index (Phi) is 6.04. The Morgan fingerprint density at radius 1 is 1.40 bits per heavy atom. The first-order valence-corrected chi connectivity index (χ1v) is 10.2. The first kappa shape index (κ1) is 17.9. The Morgan fingerprint density at radius 3 is 2.96 bits per heavy atom. The molecular weight excluding hydrogens is 356 g/mol. The molecule has 3 amide bonds. The topological polar surface area (TPSA) is 74.3 Å². The lowest BCUT2D eigenvalue weighted by Crippen LogP contribution is -2.48. The van der Waals surface area contributed by atoms with Gasteiger partial charge >= 0.3 is 6.03 Å². The van der Waals surface area contributed by atoms with Gasteiger partial charge in [0.25, 0.3) is 0 Å². The van der Waals surface area contributed by atoms with Crippen LogP contribution >= 0.6 is 22.7 Å². The zero-order valence-electron chi connectivity index (χ0n) is 14.1. The standard InChI is InChI=1S/C17H22N4O2S2/c1-2-13(14-6-4-9-24-14)19-17(23)21-8-3-5-12(11-21)15(22)20-16-18-7-10-25-16/h4,6-7,9-10,12-13H,2-3,5,8,11H2,1H3,(H,19,23)(H,18,20,22). The highest BCUT2D eigenvalue weighted by atomic mass is 32.1. The summed E-state index contributed by atoms with van der Waals surface area (Å²) in [5.74, 6) is -0.247. The largest absolute Gasteiger partial charge is 0.330 e. The number of rotatable bonds is 5. The van der Waals surface area contributed by atoms with E-state index in [-0.39, 0.29) is 23.9 Å². The molecule has 0 radical (unpaired) electrons. The van der Waals surface area contributed by atoms with Gasteiger partial charge < -0.3 is 15.5 Å². The van der Waals surface area contributed by atoms with E-state index >= 15 is 0 Å². The van der Waals surface area contributed by atoms with Crippen molar-refractivity contribution in [2.75, 3.05) is 18.4 Å². The Morgan fingerprint density at radius 2 is 2.28 bits per heavy atom. The maximum atomic E-state index is 12.6. The third-order valence-corrected chi connectivity index (χ3v) is 6.01. The molecule has 8 heteroatoms. The number of hydrogen-bond acceptors (Lipinski definition) is 5. The highest BCUT2D eigenvalue weighted by Crippen LogP contribution is 2.24. The summed E-state index contributed by atoms with van der Waals surface area (Å²) in [5, 5.41) is 10.4. The van der Waals surface area contributed by atoms with Crippen molar-refractivity contribution < 1.29 is 9.59 Å². The zero-order valence-corrected chi connectivity index (χ0v) is 15.7. The number of anilines is 1. The SMILES string of the molecule is CCC(NC(=O)N1CCCC(C(=O)Nc2nccs2)C1)c1cccs1. The molecule has 1 aliphatic rings. The van der Waals surface area contributed by atoms with E-state index in [0.717, 1.165) is 24.1 Å². The van der Waals surface area contributed by atoms with Crippen LogP contribution in [0.5, 0.6) is 0 Å². The van der Waals surface area contributed by atoms with Gasteiger partial charge in [0.1, 0.15) is 0 Å². The average Bonchev–Trinajstić information content (AvgIpc) is 3.33. The van der Waals surface area contributed by atoms with Gasteiger partial charge in [0, 0.05) is 29.5 Å². The van der Waals surface area contributed by atoms with E-state index in [1.807, 2.05) is 22.9 Å². The number of urea groups is 1. The molecule has 0 saturated carbocycles. The number of nitrogens with zero attached hydrogens (tertiary/aromatic N) is 2. The second-order valence-corrected chi connectivity index (χ2v) is 7.91. The van der Waals surface area contributed by atoms with Crippen molar-refractivity contribution in [3.8, 4) is 0 Å². The van der Waals surface area contributed by atoms with Gasteiger partial charge in [0.05, 0.1) is 12.0 Å². The first-order chi connectivity index (χ1) is 12.2. The predicted octanol–water partition coefficient (Wildman–Crippen LogP) is 3.72. The summed E-state index contributed by atoms with van der Waals surface area (Å²) in [7, 11) is 0. The van der Waals surface area contributed by atoms with Crippen LogP contribution in [-0.4, -0.2) is 34.9 Å². The van der Waals surface area contributed by atoms with Crippen LogP contribution in [0.2, 0.25) is 0 Å². The van der Waals surface area contributed by atoms with Gasteiger partial charge in [0.2, 0.25) is 5.91 Å². The van der Waals surface area contributed by atoms with Gasteiger partial charge in [-0.3, -0.25) is 4.79 Å². The minimum atomic E-state index is -0.190. The summed E-state index contributed by atoms with van der Waals surface area (Å²) in [6.07, 6.45) is 4.13. The number of thiazole rings is 1. The number of piperidine rings is 1. The lowest BCUT2D eigenvalue weighted by molar-refractivity contribution is -0.121. The first-order valence-electron chi connectivity index (χ1n) is 8.46. The Hall–Kier alpha value is -1.93. The number of hydrogen-bond donors (Lipinski definition) is 2. The molecule has 3 rings (SSSR count). The van der Waals surface area contributed by atoms with E-state index < -0.39 is 0 Å². The maximum Gasteiger partial charge on any atom is 0.317 e. The van der Waals surface area contributed by atoms with Gasteiger partial charge in [-0.25, -0.2) is 9.78 Å². The normalized spacial score (nSPS) is 18.6. The van der Waals surface area contributed by atoms with Crippen LogP contribution in [0.1, 0.15) is 37.1 Å². The van der Waals surface area contributed by atoms with Gasteiger partial charge in [-0.1, -0.05) is 13.0 Å². The Balaban J connectivity index is 1.56. The van der Waals surface area contributed by atoms with Crippen molar-refractivity contribution in [3.05, 3.63) is 34.0 Å². The summed E-state index contributed by atoms with van der Waals surface area (Å²) in [6, 6.07) is 3.97. The number of thiophene rings is 1. The molecule has 134 valence electrons. The average molecular weight is 379 g/mol. The van der Waals surface area contributed by atoms with Crippen molar-refractivity contribution in [1.29, 1.82) is 0 Å². The second-order valence-electron chi connectivity index (χ2n) is 6.04. The maximum absolute atomic E-state index is 12.6. The minimum Gasteiger partial charge on any atom is -0.330 e. The van der Waals surface area contributed by atoms with Gasteiger partial charge in [0.15, 0.2) is 5.13 Å². The molecule has 2 unspecified atom stereocenters. The fraction of sp³-hybridized carbons (Fsp3) is 0.471. The third-order valence-electron chi connectivity index (χ3n) is 4.33. The molecule has 6 nitrogen and oxygen atoms in total. The molecule has 0 aliphatic carbocycles. The molecule has 25 heavy (non-hydrogen) atoms. The predicted molar refractivity (Wildman–Crippen MR) is 101 cm³/mol. The summed E-state index contributed by atoms with van der Waals surface area (Å²) in [6.45, 7) is 3.20. The summed E-state index contributed by atoms with van der Waals surface area (Å²) in [5.41, 5.74) is 0. The zero-order chi connectivity index (χ0) is 17.6. The summed E-state index contributed by atoms with van der Waals surface area (Å²) < 4.78 is 0. The molecule has 1 saturated heterocycles.